The average Bonchev–Trinajstić information content (AvgIpc) is 2.82. The zero-order valence-corrected chi connectivity index (χ0v) is 15.0. The summed E-state index contributed by atoms with van der Waals surface area (Å²) in [7, 11) is 1.97. The van der Waals surface area contributed by atoms with Crippen molar-refractivity contribution in [2.24, 2.45) is 34.5 Å². The number of carbonyl (C=O) groups excluding carboxylic acids is 2. The van der Waals surface area contributed by atoms with Crippen molar-refractivity contribution in [3.05, 3.63) is 0 Å². The molecule has 4 heteroatoms. The van der Waals surface area contributed by atoms with Gasteiger partial charge in [-0.25, -0.2) is 0 Å². The minimum Gasteiger partial charge on any atom is -0.342 e. The van der Waals surface area contributed by atoms with Crippen molar-refractivity contribution in [2.45, 2.75) is 64.8 Å². The fraction of sp³-hybridized carbons (Fsp3) is 0.850. The Morgan fingerprint density at radius 1 is 1.17 bits per heavy atom. The van der Waals surface area contributed by atoms with E-state index in [-0.39, 0.29) is 28.6 Å². The first-order valence-electron chi connectivity index (χ1n) is 9.51. The van der Waals surface area contributed by atoms with E-state index >= 15 is 0 Å². The number of hydrogen-bond donors (Lipinski definition) is 0. The van der Waals surface area contributed by atoms with Gasteiger partial charge in [-0.1, -0.05) is 13.8 Å². The Morgan fingerprint density at radius 2 is 1.92 bits per heavy atom. The molecule has 4 fully saturated rings. The number of rotatable bonds is 0. The summed E-state index contributed by atoms with van der Waals surface area (Å²) < 4.78 is 0. The van der Waals surface area contributed by atoms with E-state index in [9.17, 15) is 14.9 Å². The number of nitriles is 1. The van der Waals surface area contributed by atoms with Gasteiger partial charge in [0.2, 0.25) is 5.91 Å². The summed E-state index contributed by atoms with van der Waals surface area (Å²) in [6, 6.07) is 2.80. The Bertz CT molecular complexity index is 638. The Morgan fingerprint density at radius 3 is 2.62 bits per heavy atom. The lowest BCUT2D eigenvalue weighted by atomic mass is 9.47. The predicted octanol–water partition coefficient (Wildman–Crippen LogP) is 3.17. The second-order valence-electron chi connectivity index (χ2n) is 9.22. The number of ketones is 1. The minimum atomic E-state index is -0.277. The second-order valence-corrected chi connectivity index (χ2v) is 9.22. The van der Waals surface area contributed by atoms with Crippen molar-refractivity contribution in [3.8, 4) is 6.07 Å². The molecule has 1 heterocycles. The Labute approximate surface area is 144 Å². The van der Waals surface area contributed by atoms with Crippen LogP contribution in [0.1, 0.15) is 58.8 Å². The summed E-state index contributed by atoms with van der Waals surface area (Å²) in [5.41, 5.74) is -0.125. The van der Waals surface area contributed by atoms with Gasteiger partial charge in [0.05, 0.1) is 12.0 Å². The highest BCUT2D eigenvalue weighted by Gasteiger charge is 2.63. The van der Waals surface area contributed by atoms with Crippen molar-refractivity contribution in [3.63, 3.8) is 0 Å². The van der Waals surface area contributed by atoms with Crippen LogP contribution in [-0.4, -0.2) is 29.7 Å². The number of fused-ring (bicyclic) bond motifs is 5. The van der Waals surface area contributed by atoms with E-state index in [1.807, 2.05) is 11.9 Å². The van der Waals surface area contributed by atoms with Gasteiger partial charge in [-0.3, -0.25) is 9.59 Å². The van der Waals surface area contributed by atoms with Crippen molar-refractivity contribution in [1.82, 2.24) is 4.90 Å². The van der Waals surface area contributed by atoms with Crippen LogP contribution in [0, 0.1) is 45.8 Å². The molecule has 1 amide bonds. The molecule has 3 saturated carbocycles. The standard InChI is InChI=1S/C20H28N2O2/c1-19-9-7-17(24)22(3)15(19)5-4-13-14(19)6-8-20(2)16(23)10-12(11-21)18(13)20/h12-15,18H,4-10H2,1-3H3/t12-,13+,14-,15+,18-,19+,20+/m0/s1. The molecule has 0 spiro atoms. The van der Waals surface area contributed by atoms with Crippen molar-refractivity contribution >= 4 is 11.7 Å². The van der Waals surface area contributed by atoms with Gasteiger partial charge in [0.15, 0.2) is 0 Å². The van der Waals surface area contributed by atoms with Crippen LogP contribution in [0.25, 0.3) is 0 Å². The number of piperidine rings is 1. The van der Waals surface area contributed by atoms with Gasteiger partial charge in [-0.2, -0.15) is 5.26 Å². The van der Waals surface area contributed by atoms with Gasteiger partial charge in [0.25, 0.3) is 0 Å². The first-order chi connectivity index (χ1) is 11.3. The van der Waals surface area contributed by atoms with E-state index in [1.165, 1.54) is 0 Å². The monoisotopic (exact) mass is 328 g/mol. The third kappa shape index (κ3) is 1.85. The van der Waals surface area contributed by atoms with Crippen LogP contribution < -0.4 is 0 Å². The molecule has 3 aliphatic carbocycles. The molecule has 0 radical (unpaired) electrons. The van der Waals surface area contributed by atoms with Crippen LogP contribution in [0.15, 0.2) is 0 Å². The normalized spacial score (nSPS) is 50.8. The highest BCUT2D eigenvalue weighted by Crippen LogP contribution is 2.64. The fourth-order valence-electron chi connectivity index (χ4n) is 7.15. The van der Waals surface area contributed by atoms with Gasteiger partial charge in [0, 0.05) is 31.3 Å². The van der Waals surface area contributed by atoms with E-state index < -0.39 is 0 Å². The molecule has 0 N–H and O–H groups in total. The quantitative estimate of drug-likeness (QED) is 0.686. The van der Waals surface area contributed by atoms with Crippen LogP contribution in [-0.2, 0) is 9.59 Å². The van der Waals surface area contributed by atoms with E-state index in [0.717, 1.165) is 32.1 Å². The van der Waals surface area contributed by atoms with Gasteiger partial charge >= 0.3 is 0 Å². The minimum absolute atomic E-state index is 0.0987. The summed E-state index contributed by atoms with van der Waals surface area (Å²) in [6.45, 7) is 4.50. The Hall–Kier alpha value is -1.37. The number of Topliss-reactive ketones (excluding diaryl/α,β-unsaturated/α-hetero) is 1. The highest BCUT2D eigenvalue weighted by molar-refractivity contribution is 5.88. The fourth-order valence-corrected chi connectivity index (χ4v) is 7.15. The van der Waals surface area contributed by atoms with Crippen LogP contribution in [0.3, 0.4) is 0 Å². The molecule has 0 aromatic heterocycles. The lowest BCUT2D eigenvalue weighted by molar-refractivity contribution is -0.159. The molecular weight excluding hydrogens is 300 g/mol. The predicted molar refractivity (Wildman–Crippen MR) is 89.7 cm³/mol. The molecule has 4 nitrogen and oxygen atoms in total. The topological polar surface area (TPSA) is 61.2 Å². The van der Waals surface area contributed by atoms with Gasteiger partial charge in [0.1, 0.15) is 5.78 Å². The zero-order valence-electron chi connectivity index (χ0n) is 15.0. The lowest BCUT2D eigenvalue weighted by Gasteiger charge is -2.61. The third-order valence-corrected chi connectivity index (χ3v) is 8.45. The molecule has 0 aromatic rings. The summed E-state index contributed by atoms with van der Waals surface area (Å²) in [5.74, 6) is 1.76. The second kappa shape index (κ2) is 5.07. The Kier molecular flexibility index (Phi) is 3.40. The van der Waals surface area contributed by atoms with Crippen molar-refractivity contribution in [2.75, 3.05) is 7.05 Å². The van der Waals surface area contributed by atoms with E-state index in [2.05, 4.69) is 19.9 Å². The van der Waals surface area contributed by atoms with Crippen molar-refractivity contribution in [1.29, 1.82) is 5.26 Å². The largest absolute Gasteiger partial charge is 0.342 e. The van der Waals surface area contributed by atoms with Crippen LogP contribution in [0.5, 0.6) is 0 Å². The number of amides is 1. The van der Waals surface area contributed by atoms with Gasteiger partial charge in [-0.05, 0) is 55.3 Å². The first kappa shape index (κ1) is 16.1. The number of nitrogens with zero attached hydrogens (tertiary/aromatic N) is 2. The van der Waals surface area contributed by atoms with E-state index in [1.54, 1.807) is 0 Å². The molecule has 130 valence electrons. The summed E-state index contributed by atoms with van der Waals surface area (Å²) in [5, 5.41) is 9.65. The molecule has 24 heavy (non-hydrogen) atoms. The van der Waals surface area contributed by atoms with Crippen LogP contribution >= 0.6 is 0 Å². The van der Waals surface area contributed by atoms with E-state index in [4.69, 9.17) is 0 Å². The molecule has 4 aliphatic rings. The number of likely N-dealkylation sites (tertiary alicyclic amines) is 1. The molecule has 4 rings (SSSR count). The molecule has 1 saturated heterocycles. The third-order valence-electron chi connectivity index (χ3n) is 8.45. The molecule has 0 unspecified atom stereocenters. The number of hydrogen-bond acceptors (Lipinski definition) is 3. The maximum atomic E-state index is 12.6. The summed E-state index contributed by atoms with van der Waals surface area (Å²) in [4.78, 5) is 26.8. The van der Waals surface area contributed by atoms with Crippen LogP contribution in [0.4, 0.5) is 0 Å². The smallest absolute Gasteiger partial charge is 0.222 e. The van der Waals surface area contributed by atoms with E-state index in [0.29, 0.717) is 36.5 Å². The molecule has 0 bridgehead atoms. The molecule has 0 aromatic carbocycles. The van der Waals surface area contributed by atoms with Crippen LogP contribution in [0.2, 0.25) is 0 Å². The SMILES string of the molecule is CN1C(=O)CC[C@]2(C)[C@H]3CC[C@]4(C)C(=O)C[C@@H](C#N)[C@H]4[C@@H]3CC[C@@H]12. The number of carbonyl (C=O) groups is 2. The molecular formula is C20H28N2O2. The van der Waals surface area contributed by atoms with Gasteiger partial charge < -0.3 is 4.90 Å². The lowest BCUT2D eigenvalue weighted by Crippen LogP contribution is -2.61. The highest BCUT2D eigenvalue weighted by atomic mass is 16.2. The summed E-state index contributed by atoms with van der Waals surface area (Å²) in [6.07, 6.45) is 6.17. The molecule has 7 atom stereocenters. The Balaban J connectivity index is 1.71. The van der Waals surface area contributed by atoms with Gasteiger partial charge in [-0.15, -0.1) is 0 Å². The average molecular weight is 328 g/mol. The van der Waals surface area contributed by atoms with Crippen molar-refractivity contribution < 1.29 is 9.59 Å². The zero-order chi connectivity index (χ0) is 17.3. The maximum absolute atomic E-state index is 12.6. The first-order valence-corrected chi connectivity index (χ1v) is 9.51. The molecule has 1 aliphatic heterocycles. The maximum Gasteiger partial charge on any atom is 0.222 e. The summed E-state index contributed by atoms with van der Waals surface area (Å²) >= 11 is 0.